The molecule has 11 heteroatoms. The quantitative estimate of drug-likeness (QED) is 0.248. The normalized spacial score (nSPS) is 12.3. The predicted molar refractivity (Wildman–Crippen MR) is 93.0 cm³/mol. The fourth-order valence-electron chi connectivity index (χ4n) is 2.26. The summed E-state index contributed by atoms with van der Waals surface area (Å²) < 4.78 is 82.5. The maximum Gasteiger partial charge on any atom is 0.416 e. The van der Waals surface area contributed by atoms with Crippen LogP contribution >= 0.6 is 0 Å². The molecule has 0 heterocycles. The van der Waals surface area contributed by atoms with Crippen LogP contribution in [0.4, 0.5) is 32.0 Å². The van der Waals surface area contributed by atoms with Gasteiger partial charge in [0.2, 0.25) is 5.96 Å². The van der Waals surface area contributed by atoms with Gasteiger partial charge in [-0.2, -0.15) is 31.6 Å². The van der Waals surface area contributed by atoms with Gasteiger partial charge in [0.05, 0.1) is 24.8 Å². The Bertz CT molecular complexity index is 882. The molecule has 0 aliphatic heterocycles. The van der Waals surface area contributed by atoms with Crippen LogP contribution in [0.15, 0.2) is 47.5 Å². The number of anilines is 1. The lowest BCUT2D eigenvalue weighted by molar-refractivity contribution is -0.143. The first-order chi connectivity index (χ1) is 13.5. The van der Waals surface area contributed by atoms with Crippen molar-refractivity contribution in [3.8, 4) is 11.9 Å². The van der Waals surface area contributed by atoms with Gasteiger partial charge >= 0.3 is 12.4 Å². The summed E-state index contributed by atoms with van der Waals surface area (Å²) in [6.45, 7) is -0.528. The average molecular weight is 416 g/mol. The lowest BCUT2D eigenvalue weighted by Crippen LogP contribution is -2.26. The Morgan fingerprint density at radius 3 is 2.00 bits per heavy atom. The third-order valence-electron chi connectivity index (χ3n) is 3.59. The molecule has 2 aromatic rings. The van der Waals surface area contributed by atoms with Crippen LogP contribution in [-0.4, -0.2) is 13.1 Å². The fourth-order valence-corrected chi connectivity index (χ4v) is 2.26. The van der Waals surface area contributed by atoms with E-state index in [-0.39, 0.29) is 17.6 Å². The molecule has 0 aromatic heterocycles. The highest BCUT2D eigenvalue weighted by molar-refractivity contribution is 5.94. The van der Waals surface area contributed by atoms with E-state index in [1.54, 1.807) is 30.5 Å². The lowest BCUT2D eigenvalue weighted by atomic mass is 10.0. The Morgan fingerprint density at radius 2 is 1.55 bits per heavy atom. The highest BCUT2D eigenvalue weighted by atomic mass is 19.4. The van der Waals surface area contributed by atoms with E-state index in [9.17, 15) is 26.3 Å². The molecule has 0 fully saturated rings. The Morgan fingerprint density at radius 1 is 1.00 bits per heavy atom. The van der Waals surface area contributed by atoms with Crippen molar-refractivity contribution in [3.05, 3.63) is 59.2 Å². The van der Waals surface area contributed by atoms with E-state index in [0.29, 0.717) is 23.6 Å². The van der Waals surface area contributed by atoms with Crippen LogP contribution in [0.3, 0.4) is 0 Å². The van der Waals surface area contributed by atoms with E-state index in [0.717, 1.165) is 0 Å². The number of aliphatic imine (C=N–C) groups is 1. The number of benzene rings is 2. The van der Waals surface area contributed by atoms with Gasteiger partial charge in [-0.05, 0) is 48.0 Å². The van der Waals surface area contributed by atoms with Crippen molar-refractivity contribution in [2.24, 2.45) is 4.99 Å². The van der Waals surface area contributed by atoms with Gasteiger partial charge in [0, 0.05) is 5.69 Å². The molecule has 154 valence electrons. The van der Waals surface area contributed by atoms with Crippen LogP contribution in [-0.2, 0) is 18.9 Å². The summed E-state index contributed by atoms with van der Waals surface area (Å²) in [6.07, 6.45) is -8.31. The highest BCUT2D eigenvalue weighted by Gasteiger charge is 2.36. The van der Waals surface area contributed by atoms with Crippen molar-refractivity contribution in [3.63, 3.8) is 0 Å². The summed E-state index contributed by atoms with van der Waals surface area (Å²) >= 11 is 0. The number of hydrogen-bond donors (Lipinski definition) is 2. The Kier molecular flexibility index (Phi) is 6.58. The van der Waals surface area contributed by atoms with Crippen LogP contribution in [0.2, 0.25) is 0 Å². The van der Waals surface area contributed by atoms with Crippen LogP contribution in [0.25, 0.3) is 0 Å². The summed E-state index contributed by atoms with van der Waals surface area (Å²) in [5.74, 6) is 0.412. The second-order valence-corrected chi connectivity index (χ2v) is 5.67. The molecule has 0 radical (unpaired) electrons. The third kappa shape index (κ3) is 6.31. The number of halogens is 6. The van der Waals surface area contributed by atoms with Gasteiger partial charge in [0.25, 0.3) is 0 Å². The first-order valence-corrected chi connectivity index (χ1v) is 7.92. The zero-order chi connectivity index (χ0) is 21.7. The number of methoxy groups -OCH3 is 1. The van der Waals surface area contributed by atoms with E-state index in [1.807, 2.05) is 0 Å². The molecule has 5 nitrogen and oxygen atoms in total. The Hall–Kier alpha value is -3.42. The molecule has 0 saturated heterocycles. The van der Waals surface area contributed by atoms with Gasteiger partial charge in [0.1, 0.15) is 5.75 Å². The number of nitrogens with one attached hydrogen (secondary N) is 2. The number of alkyl halides is 6. The van der Waals surface area contributed by atoms with Crippen LogP contribution in [0, 0.1) is 11.5 Å². The van der Waals surface area contributed by atoms with Gasteiger partial charge in [0.15, 0.2) is 6.19 Å². The van der Waals surface area contributed by atoms with Crippen molar-refractivity contribution in [2.75, 3.05) is 12.4 Å². The average Bonchev–Trinajstić information content (AvgIpc) is 2.65. The van der Waals surface area contributed by atoms with Gasteiger partial charge in [-0.1, -0.05) is 0 Å². The molecule has 2 aromatic carbocycles. The molecule has 0 saturated carbocycles. The molecule has 0 amide bonds. The molecular formula is C18H14F6N4O. The number of hydrogen-bond acceptors (Lipinski definition) is 3. The number of nitriles is 1. The minimum absolute atomic E-state index is 0.0389. The second-order valence-electron chi connectivity index (χ2n) is 5.67. The van der Waals surface area contributed by atoms with Crippen molar-refractivity contribution < 1.29 is 31.1 Å². The largest absolute Gasteiger partial charge is 0.497 e. The minimum atomic E-state index is -4.95. The van der Waals surface area contributed by atoms with Gasteiger partial charge in [-0.15, -0.1) is 0 Å². The molecule has 0 spiro atoms. The zero-order valence-electron chi connectivity index (χ0n) is 14.8. The van der Waals surface area contributed by atoms with E-state index in [4.69, 9.17) is 10.00 Å². The van der Waals surface area contributed by atoms with Crippen LogP contribution in [0.5, 0.6) is 5.75 Å². The highest BCUT2D eigenvalue weighted by Crippen LogP contribution is 2.36. The van der Waals surface area contributed by atoms with Crippen molar-refractivity contribution in [1.29, 1.82) is 5.26 Å². The standard InChI is InChI=1S/C18H14F6N4O/c1-29-15-4-2-14(3-5-15)28-16(27-10-25)26-9-11-6-12(17(19,20)21)8-13(7-11)18(22,23)24/h2-8H,9H2,1H3,(H2,26,27,28). The summed E-state index contributed by atoms with van der Waals surface area (Å²) in [5, 5.41) is 13.7. The molecule has 0 bridgehead atoms. The van der Waals surface area contributed by atoms with Crippen molar-refractivity contribution in [2.45, 2.75) is 18.9 Å². The van der Waals surface area contributed by atoms with E-state index < -0.39 is 30.0 Å². The fraction of sp³-hybridized carbons (Fsp3) is 0.222. The molecule has 0 aliphatic carbocycles. The van der Waals surface area contributed by atoms with E-state index >= 15 is 0 Å². The first-order valence-electron chi connectivity index (χ1n) is 7.92. The summed E-state index contributed by atoms with van der Waals surface area (Å²) in [5.41, 5.74) is -2.72. The first kappa shape index (κ1) is 21.9. The maximum absolute atomic E-state index is 12.9. The zero-order valence-corrected chi connectivity index (χ0v) is 14.8. The maximum atomic E-state index is 12.9. The predicted octanol–water partition coefficient (Wildman–Crippen LogP) is 4.77. The smallest absolute Gasteiger partial charge is 0.416 e. The molecule has 2 rings (SSSR count). The molecular weight excluding hydrogens is 402 g/mol. The molecule has 2 N–H and O–H groups in total. The van der Waals surface area contributed by atoms with E-state index in [2.05, 4.69) is 15.6 Å². The Labute approximate surface area is 161 Å². The van der Waals surface area contributed by atoms with E-state index in [1.165, 1.54) is 7.11 Å². The number of nitrogens with zero attached hydrogens (tertiary/aromatic N) is 2. The monoisotopic (exact) mass is 416 g/mol. The number of rotatable bonds is 4. The summed E-state index contributed by atoms with van der Waals surface area (Å²) in [6, 6.07) is 7.58. The van der Waals surface area contributed by atoms with Crippen molar-refractivity contribution in [1.82, 2.24) is 5.32 Å². The molecule has 0 unspecified atom stereocenters. The van der Waals surface area contributed by atoms with Crippen LogP contribution in [0.1, 0.15) is 16.7 Å². The third-order valence-corrected chi connectivity index (χ3v) is 3.59. The van der Waals surface area contributed by atoms with Gasteiger partial charge < -0.3 is 10.1 Å². The molecule has 29 heavy (non-hydrogen) atoms. The number of guanidine groups is 1. The van der Waals surface area contributed by atoms with Gasteiger partial charge in [-0.25, -0.2) is 4.99 Å². The number of ether oxygens (including phenoxy) is 1. The van der Waals surface area contributed by atoms with Gasteiger partial charge in [-0.3, -0.25) is 5.32 Å². The summed E-state index contributed by atoms with van der Waals surface area (Å²) in [7, 11) is 1.47. The summed E-state index contributed by atoms with van der Waals surface area (Å²) in [4.78, 5) is 3.87. The minimum Gasteiger partial charge on any atom is -0.497 e. The lowest BCUT2D eigenvalue weighted by Gasteiger charge is -2.14. The van der Waals surface area contributed by atoms with Crippen LogP contribution < -0.4 is 15.4 Å². The Balaban J connectivity index is 2.30. The topological polar surface area (TPSA) is 69.4 Å². The molecule has 0 atom stereocenters. The SMILES string of the molecule is COc1ccc(NC(=NCc2cc(C(F)(F)F)cc(C(F)(F)F)c2)NC#N)cc1. The second kappa shape index (κ2) is 8.72. The molecule has 0 aliphatic rings. The van der Waals surface area contributed by atoms with Crippen molar-refractivity contribution >= 4 is 11.6 Å².